The molecule has 0 saturated carbocycles. The van der Waals surface area contributed by atoms with Crippen molar-refractivity contribution >= 4 is 63.3 Å². The van der Waals surface area contributed by atoms with Crippen LogP contribution in [0.4, 0.5) is 17.1 Å². The van der Waals surface area contributed by atoms with Gasteiger partial charge in [0, 0.05) is 42.0 Å². The van der Waals surface area contributed by atoms with E-state index in [-0.39, 0.29) is 13.4 Å². The molecule has 0 unspecified atom stereocenters. The van der Waals surface area contributed by atoms with E-state index in [0.29, 0.717) is 38.3 Å². The third-order valence-corrected chi connectivity index (χ3v) is 12.2. The number of benzene rings is 6. The molecule has 12 rings (SSSR count). The van der Waals surface area contributed by atoms with Crippen LogP contribution in [0.25, 0.3) is 33.4 Å². The molecular formula is C50H37B2NO6. The molecule has 8 aromatic rings. The molecule has 4 aliphatic heterocycles. The van der Waals surface area contributed by atoms with Crippen LogP contribution in [0, 0.1) is 0 Å². The van der Waals surface area contributed by atoms with E-state index in [4.69, 9.17) is 27.8 Å². The second-order valence-corrected chi connectivity index (χ2v) is 15.5. The zero-order valence-corrected chi connectivity index (χ0v) is 32.2. The van der Waals surface area contributed by atoms with Crippen molar-refractivity contribution in [3.63, 3.8) is 0 Å². The SMILES string of the molecule is c1coc(OCCCOc2ccc(-c3cc4c5c(c3)N3c6cccc7c6B(c6ccc(OCCCOc8ccco8)cc6-7)c6cccc(c63)B5c3ccccc3-4)cc2)c1. The quantitative estimate of drug-likeness (QED) is 0.0900. The predicted octanol–water partition coefficient (Wildman–Crippen LogP) is 7.33. The van der Waals surface area contributed by atoms with Gasteiger partial charge in [0.25, 0.3) is 11.9 Å². The van der Waals surface area contributed by atoms with E-state index in [1.54, 1.807) is 12.5 Å². The second kappa shape index (κ2) is 13.8. The van der Waals surface area contributed by atoms with E-state index >= 15 is 0 Å². The lowest BCUT2D eigenvalue weighted by atomic mass is 9.32. The molecule has 284 valence electrons. The number of furan rings is 2. The van der Waals surface area contributed by atoms with Crippen LogP contribution >= 0.6 is 0 Å². The van der Waals surface area contributed by atoms with Crippen molar-refractivity contribution in [2.75, 3.05) is 31.3 Å². The van der Waals surface area contributed by atoms with Crippen LogP contribution in [0.3, 0.4) is 0 Å². The van der Waals surface area contributed by atoms with E-state index in [2.05, 4.69) is 120 Å². The predicted molar refractivity (Wildman–Crippen MR) is 235 cm³/mol. The van der Waals surface area contributed by atoms with Crippen LogP contribution in [-0.4, -0.2) is 39.9 Å². The van der Waals surface area contributed by atoms with Crippen LogP contribution in [-0.2, 0) is 0 Å². The summed E-state index contributed by atoms with van der Waals surface area (Å²) in [6.45, 7) is 2.46. The molecule has 0 fully saturated rings. The van der Waals surface area contributed by atoms with Gasteiger partial charge in [0.1, 0.15) is 11.5 Å². The number of rotatable bonds is 13. The van der Waals surface area contributed by atoms with Crippen molar-refractivity contribution in [3.8, 4) is 56.8 Å². The third kappa shape index (κ3) is 5.52. The summed E-state index contributed by atoms with van der Waals surface area (Å²) in [6.07, 6.45) is 4.74. The minimum atomic E-state index is 0.128. The molecule has 6 heterocycles. The van der Waals surface area contributed by atoms with Gasteiger partial charge in [-0.2, -0.15) is 0 Å². The Kier molecular flexibility index (Phi) is 8.00. The second-order valence-electron chi connectivity index (χ2n) is 15.5. The summed E-state index contributed by atoms with van der Waals surface area (Å²) in [4.78, 5) is 2.58. The van der Waals surface area contributed by atoms with Gasteiger partial charge in [0.05, 0.1) is 39.0 Å². The number of nitrogens with zero attached hydrogens (tertiary/aromatic N) is 1. The van der Waals surface area contributed by atoms with Gasteiger partial charge in [-0.3, -0.25) is 0 Å². The molecule has 0 amide bonds. The van der Waals surface area contributed by atoms with Crippen LogP contribution < -0.4 is 56.6 Å². The lowest BCUT2D eigenvalue weighted by Crippen LogP contribution is -2.62. The summed E-state index contributed by atoms with van der Waals surface area (Å²) in [6, 6.07) is 50.1. The molecule has 7 nitrogen and oxygen atoms in total. The highest BCUT2D eigenvalue weighted by molar-refractivity contribution is 7.05. The zero-order valence-electron chi connectivity index (χ0n) is 32.2. The highest BCUT2D eigenvalue weighted by atomic mass is 16.6. The molecule has 0 atom stereocenters. The first-order valence-electron chi connectivity index (χ1n) is 20.4. The van der Waals surface area contributed by atoms with E-state index in [1.807, 2.05) is 24.3 Å². The molecular weight excluding hydrogens is 732 g/mol. The Morgan fingerprint density at radius 3 is 1.76 bits per heavy atom. The van der Waals surface area contributed by atoms with E-state index in [9.17, 15) is 0 Å². The fourth-order valence-corrected chi connectivity index (χ4v) is 9.82. The lowest BCUT2D eigenvalue weighted by molar-refractivity contribution is 0.210. The van der Waals surface area contributed by atoms with Gasteiger partial charge in [-0.25, -0.2) is 0 Å². The smallest absolute Gasteiger partial charge is 0.284 e. The van der Waals surface area contributed by atoms with Crippen molar-refractivity contribution in [2.45, 2.75) is 12.8 Å². The average molecular weight is 769 g/mol. The van der Waals surface area contributed by atoms with E-state index in [0.717, 1.165) is 29.9 Å². The number of para-hydroxylation sites is 1. The summed E-state index contributed by atoms with van der Waals surface area (Å²) in [5.74, 6) is 2.77. The summed E-state index contributed by atoms with van der Waals surface area (Å²) < 4.78 is 34.3. The first-order chi connectivity index (χ1) is 29.3. The maximum atomic E-state index is 6.30. The maximum Gasteiger partial charge on any atom is 0.284 e. The normalized spacial score (nSPS) is 13.1. The monoisotopic (exact) mass is 769 g/mol. The van der Waals surface area contributed by atoms with Crippen molar-refractivity contribution in [1.82, 2.24) is 0 Å². The number of ether oxygens (including phenoxy) is 4. The Bertz CT molecular complexity index is 2870. The van der Waals surface area contributed by atoms with Crippen molar-refractivity contribution in [1.29, 1.82) is 0 Å². The third-order valence-electron chi connectivity index (χ3n) is 12.2. The van der Waals surface area contributed by atoms with E-state index < -0.39 is 0 Å². The Morgan fingerprint density at radius 2 is 1.03 bits per heavy atom. The molecule has 0 aliphatic carbocycles. The molecule has 0 N–H and O–H groups in total. The summed E-state index contributed by atoms with van der Waals surface area (Å²) in [7, 11) is 0. The average Bonchev–Trinajstić information content (AvgIpc) is 4.11. The van der Waals surface area contributed by atoms with Gasteiger partial charge >= 0.3 is 0 Å². The molecule has 6 aromatic carbocycles. The van der Waals surface area contributed by atoms with Gasteiger partial charge < -0.3 is 32.7 Å². The summed E-state index contributed by atoms with van der Waals surface area (Å²) >= 11 is 0. The summed E-state index contributed by atoms with van der Waals surface area (Å²) in [5, 5.41) is 0. The highest BCUT2D eigenvalue weighted by Gasteiger charge is 2.49. The first-order valence-corrected chi connectivity index (χ1v) is 20.4. The van der Waals surface area contributed by atoms with Crippen LogP contribution in [0.2, 0.25) is 0 Å². The number of hydrogen-bond acceptors (Lipinski definition) is 7. The Morgan fingerprint density at radius 1 is 0.424 bits per heavy atom. The van der Waals surface area contributed by atoms with Gasteiger partial charge in [-0.1, -0.05) is 83.7 Å². The van der Waals surface area contributed by atoms with Gasteiger partial charge in [0.15, 0.2) is 0 Å². The number of anilines is 3. The Hall–Kier alpha value is -6.99. The number of fused-ring (bicyclic) bond motifs is 10. The molecule has 0 saturated heterocycles. The van der Waals surface area contributed by atoms with Crippen LogP contribution in [0.5, 0.6) is 23.4 Å². The molecule has 0 spiro atoms. The molecule has 0 radical (unpaired) electrons. The van der Waals surface area contributed by atoms with Crippen LogP contribution in [0.1, 0.15) is 12.8 Å². The molecule has 59 heavy (non-hydrogen) atoms. The zero-order chi connectivity index (χ0) is 38.9. The first kappa shape index (κ1) is 34.1. The van der Waals surface area contributed by atoms with Crippen molar-refractivity contribution < 1.29 is 27.8 Å². The topological polar surface area (TPSA) is 66.4 Å². The summed E-state index contributed by atoms with van der Waals surface area (Å²) in [5.41, 5.74) is 19.4. The largest absolute Gasteiger partial charge is 0.493 e. The molecule has 4 aliphatic rings. The van der Waals surface area contributed by atoms with Gasteiger partial charge in [-0.15, -0.1) is 0 Å². The molecule has 0 bridgehead atoms. The molecule has 9 heteroatoms. The minimum Gasteiger partial charge on any atom is -0.493 e. The fraction of sp³-hybridized carbons (Fsp3) is 0.120. The maximum absolute atomic E-state index is 6.30. The van der Waals surface area contributed by atoms with Crippen molar-refractivity contribution in [3.05, 3.63) is 152 Å². The highest BCUT2D eigenvalue weighted by Crippen LogP contribution is 2.45. The van der Waals surface area contributed by atoms with Gasteiger partial charge in [-0.05, 0) is 110 Å². The Labute approximate surface area is 342 Å². The lowest BCUT2D eigenvalue weighted by Gasteiger charge is -2.42. The van der Waals surface area contributed by atoms with Crippen LogP contribution in [0.15, 0.2) is 161 Å². The Balaban J connectivity index is 0.899. The fourth-order valence-electron chi connectivity index (χ4n) is 9.82. The van der Waals surface area contributed by atoms with Crippen molar-refractivity contribution in [2.24, 2.45) is 0 Å². The standard InChI is InChI=1S/C50H37B2NO6/c1-2-11-40-36(9-1)39-29-33(32-17-19-34(20-18-32)54-25-7-27-58-46-15-5-23-56-46)30-45-49(39)51(40)42-12-4-13-43-50(42)53(45)44-14-3-10-37-38-31-35(21-22-41(38)52(43)48(37)44)55-26-8-28-59-47-16-6-24-57-47/h1-6,9-24,29-31H,7-8,25-28H2. The molecule has 2 aromatic heterocycles. The van der Waals surface area contributed by atoms with Gasteiger partial charge in [0.2, 0.25) is 13.4 Å². The number of hydrogen-bond donors (Lipinski definition) is 0. The van der Waals surface area contributed by atoms with E-state index in [1.165, 1.54) is 77.7 Å². The minimum absolute atomic E-state index is 0.128.